The summed E-state index contributed by atoms with van der Waals surface area (Å²) in [6.45, 7) is 1.81. The van der Waals surface area contributed by atoms with Gasteiger partial charge in [-0.1, -0.05) is 18.2 Å². The summed E-state index contributed by atoms with van der Waals surface area (Å²) < 4.78 is 13.7. The van der Waals surface area contributed by atoms with Crippen LogP contribution in [0.3, 0.4) is 0 Å². The third-order valence-corrected chi connectivity index (χ3v) is 5.01. The van der Waals surface area contributed by atoms with Gasteiger partial charge in [-0.3, -0.25) is 4.79 Å². The van der Waals surface area contributed by atoms with Crippen LogP contribution in [0.5, 0.6) is 0 Å². The summed E-state index contributed by atoms with van der Waals surface area (Å²) >= 11 is 0. The van der Waals surface area contributed by atoms with E-state index in [1.165, 1.54) is 6.07 Å². The molecule has 0 heterocycles. The Morgan fingerprint density at radius 2 is 2.05 bits per heavy atom. The predicted molar refractivity (Wildman–Crippen MR) is 75.3 cm³/mol. The Bertz CT molecular complexity index is 517. The van der Waals surface area contributed by atoms with Crippen molar-refractivity contribution in [3.05, 3.63) is 35.6 Å². The zero-order chi connectivity index (χ0) is 14.3. The summed E-state index contributed by atoms with van der Waals surface area (Å²) in [6.07, 6.45) is 3.33. The van der Waals surface area contributed by atoms with Crippen LogP contribution in [0, 0.1) is 23.6 Å². The third-order valence-electron chi connectivity index (χ3n) is 5.01. The molecule has 2 bridgehead atoms. The van der Waals surface area contributed by atoms with Crippen LogP contribution in [0.4, 0.5) is 4.39 Å². The molecule has 0 aliphatic heterocycles. The number of hydrogen-bond donors (Lipinski definition) is 2. The number of hydrogen-bond acceptors (Lipinski definition) is 2. The Morgan fingerprint density at radius 1 is 1.35 bits per heavy atom. The van der Waals surface area contributed by atoms with E-state index in [-0.39, 0.29) is 29.7 Å². The molecule has 2 aliphatic carbocycles. The van der Waals surface area contributed by atoms with Gasteiger partial charge in [-0.2, -0.15) is 0 Å². The summed E-state index contributed by atoms with van der Waals surface area (Å²) in [5.74, 6) is 0.531. The van der Waals surface area contributed by atoms with Gasteiger partial charge in [-0.05, 0) is 44.1 Å². The van der Waals surface area contributed by atoms with Crippen molar-refractivity contribution in [3.63, 3.8) is 0 Å². The summed E-state index contributed by atoms with van der Waals surface area (Å²) in [6, 6.07) is 6.21. The molecule has 1 amide bonds. The van der Waals surface area contributed by atoms with Crippen LogP contribution in [0.2, 0.25) is 0 Å². The first-order chi connectivity index (χ1) is 9.58. The fourth-order valence-electron chi connectivity index (χ4n) is 3.94. The second kappa shape index (κ2) is 5.17. The smallest absolute Gasteiger partial charge is 0.225 e. The molecule has 4 heteroatoms. The predicted octanol–water partition coefficient (Wildman–Crippen LogP) is 2.38. The van der Waals surface area contributed by atoms with Crippen molar-refractivity contribution in [2.24, 2.45) is 23.5 Å². The molecule has 5 unspecified atom stereocenters. The number of rotatable bonds is 3. The second-order valence-corrected chi connectivity index (χ2v) is 6.19. The highest BCUT2D eigenvalue weighted by atomic mass is 19.1. The van der Waals surface area contributed by atoms with Crippen molar-refractivity contribution in [1.29, 1.82) is 0 Å². The van der Waals surface area contributed by atoms with Gasteiger partial charge in [0.25, 0.3) is 0 Å². The standard InChI is InChI=1S/C16H21FN2O/c1-9(12-4-2-3-5-13(12)17)19-16(20)14-10-6-7-11(8-10)15(14)18/h2-5,9-11,14-15H,6-8,18H2,1H3,(H,19,20). The lowest BCUT2D eigenvalue weighted by molar-refractivity contribution is -0.127. The largest absolute Gasteiger partial charge is 0.349 e. The van der Waals surface area contributed by atoms with Crippen LogP contribution in [0.1, 0.15) is 37.8 Å². The molecule has 1 aromatic carbocycles. The summed E-state index contributed by atoms with van der Waals surface area (Å²) in [5.41, 5.74) is 6.70. The highest BCUT2D eigenvalue weighted by molar-refractivity contribution is 5.80. The lowest BCUT2D eigenvalue weighted by Gasteiger charge is -2.28. The van der Waals surface area contributed by atoms with Gasteiger partial charge in [0, 0.05) is 11.6 Å². The number of nitrogens with two attached hydrogens (primary N) is 1. The molecule has 3 rings (SSSR count). The summed E-state index contributed by atoms with van der Waals surface area (Å²) in [7, 11) is 0. The number of amides is 1. The van der Waals surface area contributed by atoms with Gasteiger partial charge in [0.1, 0.15) is 5.82 Å². The van der Waals surface area contributed by atoms with Gasteiger partial charge in [0.15, 0.2) is 0 Å². The molecule has 5 atom stereocenters. The molecule has 1 aromatic rings. The average molecular weight is 276 g/mol. The minimum Gasteiger partial charge on any atom is -0.349 e. The number of nitrogens with one attached hydrogen (secondary N) is 1. The van der Waals surface area contributed by atoms with E-state index >= 15 is 0 Å². The van der Waals surface area contributed by atoms with E-state index < -0.39 is 0 Å². The molecule has 20 heavy (non-hydrogen) atoms. The van der Waals surface area contributed by atoms with Crippen molar-refractivity contribution in [2.75, 3.05) is 0 Å². The van der Waals surface area contributed by atoms with Crippen LogP contribution in [0.25, 0.3) is 0 Å². The first-order valence-electron chi connectivity index (χ1n) is 7.38. The van der Waals surface area contributed by atoms with Crippen molar-refractivity contribution in [2.45, 2.75) is 38.3 Å². The zero-order valence-corrected chi connectivity index (χ0v) is 11.7. The van der Waals surface area contributed by atoms with E-state index in [0.717, 1.165) is 19.3 Å². The molecular weight excluding hydrogens is 255 g/mol. The molecule has 2 fully saturated rings. The molecule has 2 saturated carbocycles. The number of carbonyl (C=O) groups is 1. The van der Waals surface area contributed by atoms with E-state index in [1.807, 2.05) is 6.92 Å². The molecular formula is C16H21FN2O. The zero-order valence-electron chi connectivity index (χ0n) is 11.7. The second-order valence-electron chi connectivity index (χ2n) is 6.19. The number of carbonyl (C=O) groups excluding carboxylic acids is 1. The maximum Gasteiger partial charge on any atom is 0.225 e. The molecule has 108 valence electrons. The first kappa shape index (κ1) is 13.6. The van der Waals surface area contributed by atoms with E-state index in [4.69, 9.17) is 5.73 Å². The third kappa shape index (κ3) is 2.22. The van der Waals surface area contributed by atoms with Gasteiger partial charge in [-0.25, -0.2) is 4.39 Å². The number of halogens is 1. The molecule has 0 spiro atoms. The van der Waals surface area contributed by atoms with Crippen LogP contribution in [-0.2, 0) is 4.79 Å². The fourth-order valence-corrected chi connectivity index (χ4v) is 3.94. The average Bonchev–Trinajstić information content (AvgIpc) is 2.99. The maximum absolute atomic E-state index is 13.7. The Hall–Kier alpha value is -1.42. The van der Waals surface area contributed by atoms with E-state index in [1.54, 1.807) is 18.2 Å². The van der Waals surface area contributed by atoms with Gasteiger partial charge in [0.2, 0.25) is 5.91 Å². The van der Waals surface area contributed by atoms with Gasteiger partial charge < -0.3 is 11.1 Å². The Kier molecular flexibility index (Phi) is 3.50. The van der Waals surface area contributed by atoms with Crippen LogP contribution in [0.15, 0.2) is 24.3 Å². The molecule has 3 N–H and O–H groups in total. The minimum atomic E-state index is -0.324. The molecule has 3 nitrogen and oxygen atoms in total. The topological polar surface area (TPSA) is 55.1 Å². The summed E-state index contributed by atoms with van der Waals surface area (Å²) in [5, 5.41) is 2.94. The minimum absolute atomic E-state index is 0.0135. The van der Waals surface area contributed by atoms with Gasteiger partial charge >= 0.3 is 0 Å². The number of benzene rings is 1. The monoisotopic (exact) mass is 276 g/mol. The Balaban J connectivity index is 1.69. The van der Waals surface area contributed by atoms with Crippen molar-refractivity contribution in [1.82, 2.24) is 5.32 Å². The van der Waals surface area contributed by atoms with E-state index in [2.05, 4.69) is 5.32 Å². The SMILES string of the molecule is CC(NC(=O)C1C2CCC(C2)C1N)c1ccccc1F. The maximum atomic E-state index is 13.7. The van der Waals surface area contributed by atoms with Crippen LogP contribution < -0.4 is 11.1 Å². The van der Waals surface area contributed by atoms with Gasteiger partial charge in [-0.15, -0.1) is 0 Å². The molecule has 2 aliphatic rings. The summed E-state index contributed by atoms with van der Waals surface area (Å²) in [4.78, 5) is 12.4. The van der Waals surface area contributed by atoms with Crippen molar-refractivity contribution >= 4 is 5.91 Å². The normalized spacial score (nSPS) is 33.1. The van der Waals surface area contributed by atoms with Crippen molar-refractivity contribution < 1.29 is 9.18 Å². The van der Waals surface area contributed by atoms with Gasteiger partial charge in [0.05, 0.1) is 12.0 Å². The lowest BCUT2D eigenvalue weighted by Crippen LogP contribution is -2.45. The van der Waals surface area contributed by atoms with E-state index in [9.17, 15) is 9.18 Å². The van der Waals surface area contributed by atoms with Crippen LogP contribution in [-0.4, -0.2) is 11.9 Å². The Labute approximate surface area is 118 Å². The highest BCUT2D eigenvalue weighted by Gasteiger charge is 2.49. The number of fused-ring (bicyclic) bond motifs is 2. The van der Waals surface area contributed by atoms with Crippen LogP contribution >= 0.6 is 0 Å². The van der Waals surface area contributed by atoms with E-state index in [0.29, 0.717) is 17.4 Å². The fraction of sp³-hybridized carbons (Fsp3) is 0.562. The van der Waals surface area contributed by atoms with Crippen molar-refractivity contribution in [3.8, 4) is 0 Å². The Morgan fingerprint density at radius 3 is 2.70 bits per heavy atom. The molecule has 0 aromatic heterocycles. The highest BCUT2D eigenvalue weighted by Crippen LogP contribution is 2.47. The molecule has 0 saturated heterocycles. The first-order valence-corrected chi connectivity index (χ1v) is 7.38. The molecule has 0 radical (unpaired) electrons. The quantitative estimate of drug-likeness (QED) is 0.890. The lowest BCUT2D eigenvalue weighted by atomic mass is 9.84.